The fraction of sp³-hybridized carbons (Fsp3) is 0.235. The van der Waals surface area contributed by atoms with E-state index in [0.29, 0.717) is 17.3 Å². The number of hydrogen-bond acceptors (Lipinski definition) is 7. The van der Waals surface area contributed by atoms with Gasteiger partial charge < -0.3 is 9.47 Å². The topological polar surface area (TPSA) is 103 Å². The van der Waals surface area contributed by atoms with Gasteiger partial charge in [0.15, 0.2) is 11.5 Å². The molecule has 0 atom stereocenters. The molecule has 9 nitrogen and oxygen atoms in total. The Labute approximate surface area is 149 Å². The maximum Gasteiger partial charge on any atom is 0.311 e. The maximum atomic E-state index is 12.2. The highest BCUT2D eigenvalue weighted by atomic mass is 16.5. The molecule has 2 aromatic heterocycles. The van der Waals surface area contributed by atoms with Gasteiger partial charge in [0, 0.05) is 11.4 Å². The molecule has 0 unspecified atom stereocenters. The largest absolute Gasteiger partial charge is 0.493 e. The van der Waals surface area contributed by atoms with E-state index in [0.717, 1.165) is 17.0 Å². The van der Waals surface area contributed by atoms with E-state index < -0.39 is 5.91 Å². The van der Waals surface area contributed by atoms with Gasteiger partial charge >= 0.3 is 5.91 Å². The van der Waals surface area contributed by atoms with E-state index in [-0.39, 0.29) is 5.82 Å². The highest BCUT2D eigenvalue weighted by Crippen LogP contribution is 2.26. The Kier molecular flexibility index (Phi) is 4.78. The average Bonchev–Trinajstić information content (AvgIpc) is 3.06. The van der Waals surface area contributed by atoms with E-state index >= 15 is 0 Å². The van der Waals surface area contributed by atoms with Crippen molar-refractivity contribution >= 4 is 17.9 Å². The molecule has 0 saturated heterocycles. The Bertz CT molecular complexity index is 996. The quantitative estimate of drug-likeness (QED) is 0.550. The van der Waals surface area contributed by atoms with Crippen molar-refractivity contribution < 1.29 is 14.3 Å². The molecular formula is C17H18N6O3. The van der Waals surface area contributed by atoms with Crippen molar-refractivity contribution in [2.24, 2.45) is 5.10 Å². The number of benzene rings is 1. The maximum absolute atomic E-state index is 12.2. The van der Waals surface area contributed by atoms with Crippen LogP contribution in [0.4, 0.5) is 0 Å². The number of ether oxygens (including phenoxy) is 2. The zero-order chi connectivity index (χ0) is 18.7. The van der Waals surface area contributed by atoms with Crippen LogP contribution in [0.2, 0.25) is 0 Å². The molecule has 0 aliphatic rings. The number of aromatic nitrogens is 4. The number of carbonyl (C=O) groups is 1. The SMILES string of the molecule is COc1ccc(/C=N/NC(=O)c2nc3nc(C)cc(C)n3n2)cc1OC. The van der Waals surface area contributed by atoms with Crippen LogP contribution in [0, 0.1) is 13.8 Å². The van der Waals surface area contributed by atoms with Crippen molar-refractivity contribution in [2.45, 2.75) is 13.8 Å². The van der Waals surface area contributed by atoms with Crippen LogP contribution in [-0.2, 0) is 0 Å². The molecule has 9 heteroatoms. The number of fused-ring (bicyclic) bond motifs is 1. The first-order chi connectivity index (χ1) is 12.5. The second-order valence-corrected chi connectivity index (χ2v) is 5.50. The number of carbonyl (C=O) groups excluding carboxylic acids is 1. The van der Waals surface area contributed by atoms with E-state index in [1.165, 1.54) is 10.7 Å². The van der Waals surface area contributed by atoms with Crippen molar-refractivity contribution in [1.29, 1.82) is 0 Å². The molecule has 3 aromatic rings. The molecule has 0 radical (unpaired) electrons. The Morgan fingerprint density at radius 3 is 2.65 bits per heavy atom. The van der Waals surface area contributed by atoms with Gasteiger partial charge in [-0.25, -0.2) is 14.9 Å². The van der Waals surface area contributed by atoms with E-state index in [4.69, 9.17) is 9.47 Å². The smallest absolute Gasteiger partial charge is 0.311 e. The van der Waals surface area contributed by atoms with E-state index in [1.807, 2.05) is 19.9 Å². The van der Waals surface area contributed by atoms with Crippen LogP contribution >= 0.6 is 0 Å². The normalized spacial score (nSPS) is 11.1. The zero-order valence-electron chi connectivity index (χ0n) is 14.8. The van der Waals surface area contributed by atoms with Gasteiger partial charge in [-0.15, -0.1) is 5.10 Å². The van der Waals surface area contributed by atoms with Gasteiger partial charge in [0.25, 0.3) is 5.78 Å². The molecule has 0 bridgehead atoms. The van der Waals surface area contributed by atoms with Crippen LogP contribution in [0.15, 0.2) is 29.4 Å². The van der Waals surface area contributed by atoms with E-state index in [1.54, 1.807) is 32.4 Å². The number of nitrogens with zero attached hydrogens (tertiary/aromatic N) is 5. The van der Waals surface area contributed by atoms with Gasteiger partial charge in [-0.05, 0) is 43.7 Å². The molecule has 0 aliphatic heterocycles. The summed E-state index contributed by atoms with van der Waals surface area (Å²) >= 11 is 0. The van der Waals surface area contributed by atoms with Crippen LogP contribution in [0.3, 0.4) is 0 Å². The summed E-state index contributed by atoms with van der Waals surface area (Å²) < 4.78 is 11.9. The van der Waals surface area contributed by atoms with Crippen molar-refractivity contribution in [3.05, 3.63) is 47.0 Å². The molecular weight excluding hydrogens is 336 g/mol. The van der Waals surface area contributed by atoms with Gasteiger partial charge in [0.05, 0.1) is 20.4 Å². The van der Waals surface area contributed by atoms with E-state index in [2.05, 4.69) is 25.6 Å². The number of amides is 1. The minimum atomic E-state index is -0.524. The summed E-state index contributed by atoms with van der Waals surface area (Å²) in [4.78, 5) is 20.6. The first-order valence-electron chi connectivity index (χ1n) is 7.78. The van der Waals surface area contributed by atoms with Crippen molar-refractivity contribution in [2.75, 3.05) is 14.2 Å². The Hall–Kier alpha value is -3.49. The average molecular weight is 354 g/mol. The summed E-state index contributed by atoms with van der Waals surface area (Å²) in [6.07, 6.45) is 1.49. The number of methoxy groups -OCH3 is 2. The third-order valence-corrected chi connectivity index (χ3v) is 3.61. The molecule has 1 N–H and O–H groups in total. The lowest BCUT2D eigenvalue weighted by Crippen LogP contribution is -2.19. The fourth-order valence-corrected chi connectivity index (χ4v) is 2.41. The third-order valence-electron chi connectivity index (χ3n) is 3.61. The molecule has 0 spiro atoms. The highest BCUT2D eigenvalue weighted by Gasteiger charge is 2.14. The first kappa shape index (κ1) is 17.3. The summed E-state index contributed by atoms with van der Waals surface area (Å²) in [5.41, 5.74) is 4.78. The van der Waals surface area contributed by atoms with Crippen LogP contribution < -0.4 is 14.9 Å². The van der Waals surface area contributed by atoms with E-state index in [9.17, 15) is 4.79 Å². The van der Waals surface area contributed by atoms with Crippen LogP contribution in [0.1, 0.15) is 27.6 Å². The summed E-state index contributed by atoms with van der Waals surface area (Å²) in [5, 5.41) is 8.08. The van der Waals surface area contributed by atoms with Crippen LogP contribution in [-0.4, -0.2) is 45.9 Å². The molecule has 134 valence electrons. The number of nitrogens with one attached hydrogen (secondary N) is 1. The minimum absolute atomic E-state index is 0.00402. The van der Waals surface area contributed by atoms with Crippen molar-refractivity contribution in [3.8, 4) is 11.5 Å². The summed E-state index contributed by atoms with van der Waals surface area (Å²) in [5.74, 6) is 1.03. The fourth-order valence-electron chi connectivity index (χ4n) is 2.41. The highest BCUT2D eigenvalue weighted by molar-refractivity contribution is 5.91. The standard InChI is InChI=1S/C17H18N6O3/c1-10-7-11(2)23-17(19-10)20-15(22-23)16(24)21-18-9-12-5-6-13(25-3)14(8-12)26-4/h5-9H,1-4H3,(H,21,24)/b18-9+. The lowest BCUT2D eigenvalue weighted by molar-refractivity contribution is 0.0945. The molecule has 0 fully saturated rings. The lowest BCUT2D eigenvalue weighted by Gasteiger charge is -2.07. The number of hydrogen-bond donors (Lipinski definition) is 1. The predicted octanol–water partition coefficient (Wildman–Crippen LogP) is 1.52. The molecule has 0 aliphatic carbocycles. The molecule has 1 aromatic carbocycles. The summed E-state index contributed by atoms with van der Waals surface area (Å²) in [6, 6.07) is 7.14. The van der Waals surface area contributed by atoms with Gasteiger partial charge in [-0.3, -0.25) is 4.79 Å². The predicted molar refractivity (Wildman–Crippen MR) is 94.9 cm³/mol. The lowest BCUT2D eigenvalue weighted by atomic mass is 10.2. The van der Waals surface area contributed by atoms with Crippen LogP contribution in [0.5, 0.6) is 11.5 Å². The molecule has 3 rings (SSSR count). The van der Waals surface area contributed by atoms with Crippen molar-refractivity contribution in [3.63, 3.8) is 0 Å². The third kappa shape index (κ3) is 3.46. The summed E-state index contributed by atoms with van der Waals surface area (Å²) in [7, 11) is 3.11. The summed E-state index contributed by atoms with van der Waals surface area (Å²) in [6.45, 7) is 3.72. The first-order valence-corrected chi connectivity index (χ1v) is 7.78. The molecule has 26 heavy (non-hydrogen) atoms. The second-order valence-electron chi connectivity index (χ2n) is 5.50. The molecule has 1 amide bonds. The number of rotatable bonds is 5. The minimum Gasteiger partial charge on any atom is -0.493 e. The van der Waals surface area contributed by atoms with Gasteiger partial charge in [0.2, 0.25) is 5.82 Å². The van der Waals surface area contributed by atoms with Gasteiger partial charge in [0.1, 0.15) is 0 Å². The Morgan fingerprint density at radius 1 is 1.15 bits per heavy atom. The monoisotopic (exact) mass is 354 g/mol. The molecule has 0 saturated carbocycles. The second kappa shape index (κ2) is 7.18. The Morgan fingerprint density at radius 2 is 1.92 bits per heavy atom. The Balaban J connectivity index is 1.74. The van der Waals surface area contributed by atoms with Crippen molar-refractivity contribution in [1.82, 2.24) is 25.0 Å². The number of hydrazone groups is 1. The number of aryl methyl sites for hydroxylation is 2. The molecule has 2 heterocycles. The van der Waals surface area contributed by atoms with Gasteiger partial charge in [-0.1, -0.05) is 0 Å². The van der Waals surface area contributed by atoms with Gasteiger partial charge in [-0.2, -0.15) is 10.1 Å². The zero-order valence-corrected chi connectivity index (χ0v) is 14.8. The van der Waals surface area contributed by atoms with Crippen LogP contribution in [0.25, 0.3) is 5.78 Å².